The lowest BCUT2D eigenvalue weighted by Crippen LogP contribution is -2.15. The van der Waals surface area contributed by atoms with E-state index >= 15 is 0 Å². The Morgan fingerprint density at radius 3 is 2.23 bits per heavy atom. The Morgan fingerprint density at radius 1 is 0.846 bits per heavy atom. The number of hydrogen-bond donors (Lipinski definition) is 2. The van der Waals surface area contributed by atoms with E-state index in [-0.39, 0.29) is 5.91 Å². The van der Waals surface area contributed by atoms with E-state index in [4.69, 9.17) is 0 Å². The molecule has 132 valence electrons. The van der Waals surface area contributed by atoms with Gasteiger partial charge in [-0.05, 0) is 51.5 Å². The molecule has 0 aliphatic rings. The van der Waals surface area contributed by atoms with Crippen LogP contribution in [0.25, 0.3) is 0 Å². The molecule has 26 heavy (non-hydrogen) atoms. The summed E-state index contributed by atoms with van der Waals surface area (Å²) in [6.07, 6.45) is 0. The fourth-order valence-electron chi connectivity index (χ4n) is 2.67. The smallest absolute Gasteiger partial charge is 0.274 e. The summed E-state index contributed by atoms with van der Waals surface area (Å²) in [7, 11) is 0. The zero-order chi connectivity index (χ0) is 18.7. The molecule has 0 saturated carbocycles. The average Bonchev–Trinajstić information content (AvgIpc) is 2.59. The van der Waals surface area contributed by atoms with Crippen molar-refractivity contribution in [2.45, 2.75) is 27.7 Å². The first-order valence-electron chi connectivity index (χ1n) is 8.49. The molecule has 0 radical (unpaired) electrons. The zero-order valence-electron chi connectivity index (χ0n) is 15.4. The monoisotopic (exact) mass is 346 g/mol. The second kappa shape index (κ2) is 7.35. The molecule has 3 aromatic rings. The number of aryl methyl sites for hydroxylation is 4. The predicted molar refractivity (Wildman–Crippen MR) is 105 cm³/mol. The van der Waals surface area contributed by atoms with E-state index in [1.54, 1.807) is 13.0 Å². The molecule has 5 heteroatoms. The van der Waals surface area contributed by atoms with E-state index in [1.165, 1.54) is 5.56 Å². The molecule has 2 aromatic carbocycles. The number of nitrogens with one attached hydrogen (secondary N) is 2. The van der Waals surface area contributed by atoms with Crippen LogP contribution in [0.3, 0.4) is 0 Å². The van der Waals surface area contributed by atoms with Gasteiger partial charge in [0.1, 0.15) is 17.3 Å². The van der Waals surface area contributed by atoms with E-state index in [0.29, 0.717) is 17.3 Å². The van der Waals surface area contributed by atoms with Crippen molar-refractivity contribution in [1.29, 1.82) is 0 Å². The molecule has 0 spiro atoms. The number of rotatable bonds is 4. The average molecular weight is 346 g/mol. The van der Waals surface area contributed by atoms with Gasteiger partial charge in [0.15, 0.2) is 0 Å². The summed E-state index contributed by atoms with van der Waals surface area (Å²) in [4.78, 5) is 21.2. The van der Waals surface area contributed by atoms with Crippen LogP contribution in [0.5, 0.6) is 0 Å². The topological polar surface area (TPSA) is 66.9 Å². The lowest BCUT2D eigenvalue weighted by atomic mass is 10.1. The largest absolute Gasteiger partial charge is 0.340 e. The molecule has 5 nitrogen and oxygen atoms in total. The van der Waals surface area contributed by atoms with Crippen LogP contribution in [0.1, 0.15) is 33.0 Å². The van der Waals surface area contributed by atoms with Gasteiger partial charge in [0, 0.05) is 17.4 Å². The fraction of sp³-hybridized carbons (Fsp3) is 0.190. The summed E-state index contributed by atoms with van der Waals surface area (Å²) in [6.45, 7) is 7.87. The molecular weight excluding hydrogens is 324 g/mol. The Labute approximate surface area is 153 Å². The summed E-state index contributed by atoms with van der Waals surface area (Å²) < 4.78 is 0. The van der Waals surface area contributed by atoms with Gasteiger partial charge in [-0.1, -0.05) is 35.4 Å². The Bertz CT molecular complexity index is 949. The highest BCUT2D eigenvalue weighted by atomic mass is 16.1. The third kappa shape index (κ3) is 4.25. The molecule has 0 atom stereocenters. The third-order valence-corrected chi connectivity index (χ3v) is 4.02. The number of carbonyl (C=O) groups excluding carboxylic acids is 1. The minimum absolute atomic E-state index is 0.261. The second-order valence-electron chi connectivity index (χ2n) is 6.45. The van der Waals surface area contributed by atoms with Crippen LogP contribution < -0.4 is 10.6 Å². The molecule has 2 N–H and O–H groups in total. The standard InChI is InChI=1S/C21H22N4O/c1-13-5-8-17(9-6-13)24-21(26)19-12-20(23-16(4)22-19)25-18-10-7-14(2)11-15(18)3/h5-12H,1-4H3,(H,24,26)(H,22,23,25). The van der Waals surface area contributed by atoms with E-state index in [0.717, 1.165) is 22.5 Å². The maximum atomic E-state index is 12.5. The molecule has 0 unspecified atom stereocenters. The quantitative estimate of drug-likeness (QED) is 0.718. The van der Waals surface area contributed by atoms with Gasteiger partial charge in [0.05, 0.1) is 0 Å². The van der Waals surface area contributed by atoms with Crippen LogP contribution in [-0.2, 0) is 0 Å². The van der Waals surface area contributed by atoms with Gasteiger partial charge in [0.25, 0.3) is 5.91 Å². The van der Waals surface area contributed by atoms with Gasteiger partial charge in [-0.15, -0.1) is 0 Å². The minimum atomic E-state index is -0.261. The molecule has 0 aliphatic carbocycles. The first kappa shape index (κ1) is 17.6. The highest BCUT2D eigenvalue weighted by Gasteiger charge is 2.12. The molecule has 0 fully saturated rings. The number of benzene rings is 2. The normalized spacial score (nSPS) is 10.5. The molecule has 0 saturated heterocycles. The maximum absolute atomic E-state index is 12.5. The van der Waals surface area contributed by atoms with Crippen molar-refractivity contribution in [3.05, 3.63) is 76.7 Å². The molecular formula is C21H22N4O. The molecule has 3 rings (SSSR count). The molecule has 1 heterocycles. The van der Waals surface area contributed by atoms with Gasteiger partial charge < -0.3 is 10.6 Å². The highest BCUT2D eigenvalue weighted by molar-refractivity contribution is 6.03. The summed E-state index contributed by atoms with van der Waals surface area (Å²) in [5.74, 6) is 0.871. The number of nitrogens with zero attached hydrogens (tertiary/aromatic N) is 2. The minimum Gasteiger partial charge on any atom is -0.340 e. The Balaban J connectivity index is 1.82. The van der Waals surface area contributed by atoms with Crippen molar-refractivity contribution >= 4 is 23.1 Å². The fourth-order valence-corrected chi connectivity index (χ4v) is 2.67. The molecule has 1 amide bonds. The number of anilines is 3. The van der Waals surface area contributed by atoms with Crippen molar-refractivity contribution < 1.29 is 4.79 Å². The highest BCUT2D eigenvalue weighted by Crippen LogP contribution is 2.21. The van der Waals surface area contributed by atoms with Crippen molar-refractivity contribution in [1.82, 2.24) is 9.97 Å². The van der Waals surface area contributed by atoms with Gasteiger partial charge in [-0.25, -0.2) is 9.97 Å². The molecule has 1 aromatic heterocycles. The van der Waals surface area contributed by atoms with Gasteiger partial charge in [-0.3, -0.25) is 4.79 Å². The van der Waals surface area contributed by atoms with Crippen molar-refractivity contribution in [3.63, 3.8) is 0 Å². The molecule has 0 bridgehead atoms. The second-order valence-corrected chi connectivity index (χ2v) is 6.45. The summed E-state index contributed by atoms with van der Waals surface area (Å²) in [5, 5.41) is 6.14. The number of aromatic nitrogens is 2. The summed E-state index contributed by atoms with van der Waals surface area (Å²) in [6, 6.07) is 15.5. The lowest BCUT2D eigenvalue weighted by molar-refractivity contribution is 0.102. The Kier molecular flexibility index (Phi) is 4.98. The van der Waals surface area contributed by atoms with E-state index in [2.05, 4.69) is 33.6 Å². The van der Waals surface area contributed by atoms with Crippen LogP contribution in [0.4, 0.5) is 17.2 Å². The number of hydrogen-bond acceptors (Lipinski definition) is 4. The van der Waals surface area contributed by atoms with Gasteiger partial charge in [0.2, 0.25) is 0 Å². The number of carbonyl (C=O) groups is 1. The Hall–Kier alpha value is -3.21. The van der Waals surface area contributed by atoms with E-state index in [9.17, 15) is 4.79 Å². The summed E-state index contributed by atoms with van der Waals surface area (Å²) >= 11 is 0. The van der Waals surface area contributed by atoms with Crippen LogP contribution in [0.2, 0.25) is 0 Å². The Morgan fingerprint density at radius 2 is 1.54 bits per heavy atom. The van der Waals surface area contributed by atoms with Gasteiger partial charge >= 0.3 is 0 Å². The third-order valence-electron chi connectivity index (χ3n) is 4.02. The van der Waals surface area contributed by atoms with E-state index in [1.807, 2.05) is 50.2 Å². The SMILES string of the molecule is Cc1ccc(NC(=O)c2cc(Nc3ccc(C)cc3C)nc(C)n2)cc1. The van der Waals surface area contributed by atoms with E-state index < -0.39 is 0 Å². The molecule has 0 aliphatic heterocycles. The first-order chi connectivity index (χ1) is 12.4. The van der Waals surface area contributed by atoms with Crippen LogP contribution in [0.15, 0.2) is 48.5 Å². The van der Waals surface area contributed by atoms with Gasteiger partial charge in [-0.2, -0.15) is 0 Å². The maximum Gasteiger partial charge on any atom is 0.274 e. The van der Waals surface area contributed by atoms with Crippen LogP contribution in [0, 0.1) is 27.7 Å². The van der Waals surface area contributed by atoms with Crippen molar-refractivity contribution in [3.8, 4) is 0 Å². The zero-order valence-corrected chi connectivity index (χ0v) is 15.4. The summed E-state index contributed by atoms with van der Waals surface area (Å²) in [5.41, 5.74) is 5.47. The lowest BCUT2D eigenvalue weighted by Gasteiger charge is -2.11. The van der Waals surface area contributed by atoms with Crippen molar-refractivity contribution in [2.75, 3.05) is 10.6 Å². The predicted octanol–water partition coefficient (Wildman–Crippen LogP) is 4.71. The van der Waals surface area contributed by atoms with Crippen molar-refractivity contribution in [2.24, 2.45) is 0 Å². The van der Waals surface area contributed by atoms with Crippen LogP contribution in [-0.4, -0.2) is 15.9 Å². The van der Waals surface area contributed by atoms with Crippen LogP contribution >= 0.6 is 0 Å². The first-order valence-corrected chi connectivity index (χ1v) is 8.49. The number of amides is 1.